The first-order valence-corrected chi connectivity index (χ1v) is 5.17. The van der Waals surface area contributed by atoms with Crippen molar-refractivity contribution in [2.24, 2.45) is 11.8 Å². The molecule has 0 aromatic carbocycles. The third kappa shape index (κ3) is 1.15. The van der Waals surface area contributed by atoms with Gasteiger partial charge in [-0.15, -0.1) is 0 Å². The van der Waals surface area contributed by atoms with Gasteiger partial charge in [0.15, 0.2) is 0 Å². The van der Waals surface area contributed by atoms with Gasteiger partial charge in [0.2, 0.25) is 0 Å². The number of carbonyl (C=O) groups is 1. The summed E-state index contributed by atoms with van der Waals surface area (Å²) in [6.07, 6.45) is 1.79. The Bertz CT molecular complexity index is 259. The first-order chi connectivity index (χ1) is 5.85. The van der Waals surface area contributed by atoms with Crippen molar-refractivity contribution in [2.75, 3.05) is 0 Å². The van der Waals surface area contributed by atoms with E-state index in [2.05, 4.69) is 33.0 Å². The summed E-state index contributed by atoms with van der Waals surface area (Å²) in [4.78, 5) is 11.8. The highest BCUT2D eigenvalue weighted by molar-refractivity contribution is 5.85. The minimum absolute atomic E-state index is 0.0105. The largest absolute Gasteiger partial charge is 0.305 e. The number of fused-ring (bicyclic) bond motifs is 3. The maximum atomic E-state index is 11.8. The van der Waals surface area contributed by atoms with Crippen molar-refractivity contribution in [1.82, 2.24) is 5.32 Å². The van der Waals surface area contributed by atoms with Gasteiger partial charge in [-0.05, 0) is 33.1 Å². The molecule has 3 aliphatic rings. The molecule has 3 unspecified atom stereocenters. The average Bonchev–Trinajstić information content (AvgIpc) is 1.92. The summed E-state index contributed by atoms with van der Waals surface area (Å²) in [6, 6.07) is 0. The van der Waals surface area contributed by atoms with Gasteiger partial charge < -0.3 is 5.32 Å². The Morgan fingerprint density at radius 3 is 2.46 bits per heavy atom. The number of piperidine rings is 2. The van der Waals surface area contributed by atoms with E-state index in [1.807, 2.05) is 0 Å². The zero-order chi connectivity index (χ0) is 9.85. The molecule has 0 aromatic heterocycles. The maximum absolute atomic E-state index is 11.8. The molecule has 74 valence electrons. The number of Topliss-reactive ketones (excluding diaryl/α,β-unsaturated/α-hetero) is 1. The number of carbonyl (C=O) groups excluding carboxylic acids is 1. The predicted octanol–water partition coefficient (Wildman–Crippen LogP) is 1.74. The molecule has 1 N–H and O–H groups in total. The SMILES string of the molecule is CC1CC2C(=O)CC1(C)NC2(C)C. The fraction of sp³-hybridized carbons (Fsp3) is 0.909. The van der Waals surface area contributed by atoms with Crippen LogP contribution < -0.4 is 5.32 Å². The number of ketones is 1. The first-order valence-electron chi connectivity index (χ1n) is 5.17. The second kappa shape index (κ2) is 2.35. The van der Waals surface area contributed by atoms with Gasteiger partial charge in [0.05, 0.1) is 0 Å². The Morgan fingerprint density at radius 1 is 1.38 bits per heavy atom. The van der Waals surface area contributed by atoms with E-state index in [0.717, 1.165) is 12.8 Å². The minimum Gasteiger partial charge on any atom is -0.305 e. The van der Waals surface area contributed by atoms with Crippen molar-refractivity contribution in [3.63, 3.8) is 0 Å². The van der Waals surface area contributed by atoms with Gasteiger partial charge >= 0.3 is 0 Å². The van der Waals surface area contributed by atoms with E-state index >= 15 is 0 Å². The lowest BCUT2D eigenvalue weighted by Gasteiger charge is -2.57. The van der Waals surface area contributed by atoms with Crippen LogP contribution in [0.3, 0.4) is 0 Å². The van der Waals surface area contributed by atoms with Crippen LogP contribution in [0.15, 0.2) is 0 Å². The Kier molecular flexibility index (Phi) is 1.66. The normalized spacial score (nSPS) is 48.2. The zero-order valence-electron chi connectivity index (χ0n) is 8.98. The number of rotatable bonds is 0. The van der Waals surface area contributed by atoms with Crippen LogP contribution in [0, 0.1) is 11.8 Å². The van der Waals surface area contributed by atoms with Crippen LogP contribution in [-0.2, 0) is 4.79 Å². The molecule has 2 bridgehead atoms. The Labute approximate surface area is 80.1 Å². The molecule has 1 saturated carbocycles. The fourth-order valence-corrected chi connectivity index (χ4v) is 3.09. The summed E-state index contributed by atoms with van der Waals surface area (Å²) in [7, 11) is 0. The molecular formula is C11H19NO. The molecule has 0 amide bonds. The fourth-order valence-electron chi connectivity index (χ4n) is 3.09. The third-order valence-corrected chi connectivity index (χ3v) is 4.09. The summed E-state index contributed by atoms with van der Waals surface area (Å²) in [6.45, 7) is 8.74. The Balaban J connectivity index is 2.37. The minimum atomic E-state index is 0.0105. The lowest BCUT2D eigenvalue weighted by molar-refractivity contribution is -0.139. The lowest BCUT2D eigenvalue weighted by Crippen LogP contribution is -2.71. The lowest BCUT2D eigenvalue weighted by atomic mass is 9.59. The van der Waals surface area contributed by atoms with Gasteiger partial charge in [-0.25, -0.2) is 0 Å². The van der Waals surface area contributed by atoms with Crippen LogP contribution in [0.5, 0.6) is 0 Å². The molecule has 2 aliphatic heterocycles. The van der Waals surface area contributed by atoms with Crippen LogP contribution in [0.4, 0.5) is 0 Å². The number of hydrogen-bond acceptors (Lipinski definition) is 2. The van der Waals surface area contributed by atoms with Gasteiger partial charge in [-0.2, -0.15) is 0 Å². The molecule has 0 radical (unpaired) electrons. The molecule has 2 heterocycles. The molecule has 1 aliphatic carbocycles. The second-order valence-electron chi connectivity index (χ2n) is 5.60. The molecular weight excluding hydrogens is 162 g/mol. The van der Waals surface area contributed by atoms with Gasteiger partial charge in [0.25, 0.3) is 0 Å². The van der Waals surface area contributed by atoms with E-state index in [-0.39, 0.29) is 17.0 Å². The highest BCUT2D eigenvalue weighted by atomic mass is 16.1. The number of nitrogens with one attached hydrogen (secondary N) is 1. The summed E-state index contributed by atoms with van der Waals surface area (Å²) in [5.74, 6) is 1.33. The molecule has 2 saturated heterocycles. The average molecular weight is 181 g/mol. The van der Waals surface area contributed by atoms with E-state index in [9.17, 15) is 4.79 Å². The van der Waals surface area contributed by atoms with Crippen LogP contribution in [0.1, 0.15) is 40.5 Å². The van der Waals surface area contributed by atoms with E-state index < -0.39 is 0 Å². The third-order valence-electron chi connectivity index (χ3n) is 4.09. The van der Waals surface area contributed by atoms with E-state index in [4.69, 9.17) is 0 Å². The predicted molar refractivity (Wildman–Crippen MR) is 52.5 cm³/mol. The van der Waals surface area contributed by atoms with Crippen molar-refractivity contribution in [1.29, 1.82) is 0 Å². The van der Waals surface area contributed by atoms with Crippen molar-refractivity contribution in [3.05, 3.63) is 0 Å². The molecule has 3 atom stereocenters. The molecule has 0 spiro atoms. The summed E-state index contributed by atoms with van der Waals surface area (Å²) >= 11 is 0. The molecule has 2 heteroatoms. The quantitative estimate of drug-likeness (QED) is 0.616. The van der Waals surface area contributed by atoms with E-state index in [0.29, 0.717) is 11.7 Å². The highest BCUT2D eigenvalue weighted by Crippen LogP contribution is 2.45. The molecule has 3 rings (SSSR count). The summed E-state index contributed by atoms with van der Waals surface area (Å²) < 4.78 is 0. The van der Waals surface area contributed by atoms with Crippen LogP contribution in [-0.4, -0.2) is 16.9 Å². The Morgan fingerprint density at radius 2 is 2.00 bits per heavy atom. The summed E-state index contributed by atoms with van der Waals surface area (Å²) in [5, 5.41) is 3.63. The summed E-state index contributed by atoms with van der Waals surface area (Å²) in [5.41, 5.74) is 0.0614. The molecule has 13 heavy (non-hydrogen) atoms. The zero-order valence-corrected chi connectivity index (χ0v) is 8.98. The van der Waals surface area contributed by atoms with E-state index in [1.165, 1.54) is 0 Å². The van der Waals surface area contributed by atoms with Gasteiger partial charge in [0, 0.05) is 23.4 Å². The standard InChI is InChI=1S/C11H19NO/c1-7-5-8-9(13)6-11(7,4)12-10(8,2)3/h7-8,12H,5-6H2,1-4H3. The van der Waals surface area contributed by atoms with Gasteiger partial charge in [-0.1, -0.05) is 6.92 Å². The van der Waals surface area contributed by atoms with Crippen LogP contribution >= 0.6 is 0 Å². The molecule has 2 nitrogen and oxygen atoms in total. The second-order valence-corrected chi connectivity index (χ2v) is 5.60. The van der Waals surface area contributed by atoms with Gasteiger partial charge in [-0.3, -0.25) is 4.79 Å². The topological polar surface area (TPSA) is 29.1 Å². The van der Waals surface area contributed by atoms with Gasteiger partial charge in [0.1, 0.15) is 5.78 Å². The van der Waals surface area contributed by atoms with Crippen LogP contribution in [0.25, 0.3) is 0 Å². The van der Waals surface area contributed by atoms with E-state index in [1.54, 1.807) is 0 Å². The molecule has 0 aromatic rings. The smallest absolute Gasteiger partial charge is 0.139 e. The Hall–Kier alpha value is -0.370. The van der Waals surface area contributed by atoms with Crippen LogP contribution in [0.2, 0.25) is 0 Å². The first kappa shape index (κ1) is 9.20. The molecule has 3 fully saturated rings. The number of hydrogen-bond donors (Lipinski definition) is 1. The maximum Gasteiger partial charge on any atom is 0.139 e. The van der Waals surface area contributed by atoms with Crippen molar-refractivity contribution in [3.8, 4) is 0 Å². The van der Waals surface area contributed by atoms with Crippen molar-refractivity contribution < 1.29 is 4.79 Å². The van der Waals surface area contributed by atoms with Crippen molar-refractivity contribution >= 4 is 5.78 Å². The van der Waals surface area contributed by atoms with Crippen molar-refractivity contribution in [2.45, 2.75) is 51.6 Å². The highest BCUT2D eigenvalue weighted by Gasteiger charge is 2.54. The monoisotopic (exact) mass is 181 g/mol.